The predicted octanol–water partition coefficient (Wildman–Crippen LogP) is 0.446. The molecule has 1 N–H and O–H groups in total. The normalized spacial score (nSPS) is 34.5. The van der Waals surface area contributed by atoms with E-state index in [2.05, 4.69) is 21.2 Å². The van der Waals surface area contributed by atoms with Crippen LogP contribution in [0.4, 0.5) is 0 Å². The first-order valence-electron chi connectivity index (χ1n) is 1.73. The third kappa shape index (κ3) is 0.929. The van der Waals surface area contributed by atoms with Gasteiger partial charge < -0.3 is 4.74 Å². The standard InChI is InChI=1S/C3H5BrNO/c4-3-5-1-2-6-3/h1,3,5H,2H2. The third-order valence-corrected chi connectivity index (χ3v) is 1.10. The summed E-state index contributed by atoms with van der Waals surface area (Å²) in [6.07, 6.45) is 0. The SMILES string of the molecule is BrC1N[CH]CO1. The minimum absolute atomic E-state index is 0.0532. The van der Waals surface area contributed by atoms with E-state index < -0.39 is 0 Å². The summed E-state index contributed by atoms with van der Waals surface area (Å²) in [6, 6.07) is 0. The van der Waals surface area contributed by atoms with Crippen LogP contribution in [0.25, 0.3) is 0 Å². The minimum Gasteiger partial charge on any atom is -0.352 e. The van der Waals surface area contributed by atoms with Crippen LogP contribution in [0.15, 0.2) is 0 Å². The van der Waals surface area contributed by atoms with E-state index in [1.807, 2.05) is 6.54 Å². The van der Waals surface area contributed by atoms with E-state index in [9.17, 15) is 0 Å². The highest BCUT2D eigenvalue weighted by Gasteiger charge is 2.07. The Bertz CT molecular complexity index is 44.1. The molecule has 0 aromatic heterocycles. The van der Waals surface area contributed by atoms with Crippen molar-refractivity contribution in [3.63, 3.8) is 0 Å². The number of hydrogen-bond donors (Lipinski definition) is 1. The highest BCUT2D eigenvalue weighted by Crippen LogP contribution is 2.03. The highest BCUT2D eigenvalue weighted by molar-refractivity contribution is 9.09. The molecule has 0 aromatic rings. The van der Waals surface area contributed by atoms with Crippen molar-refractivity contribution in [3.05, 3.63) is 6.54 Å². The van der Waals surface area contributed by atoms with Crippen LogP contribution >= 0.6 is 15.9 Å². The zero-order valence-electron chi connectivity index (χ0n) is 3.15. The first kappa shape index (κ1) is 4.56. The molecule has 1 aliphatic heterocycles. The van der Waals surface area contributed by atoms with Gasteiger partial charge in [0.1, 0.15) is 0 Å². The smallest absolute Gasteiger partial charge is 0.165 e. The van der Waals surface area contributed by atoms with Gasteiger partial charge in [0, 0.05) is 0 Å². The molecule has 1 aliphatic rings. The summed E-state index contributed by atoms with van der Waals surface area (Å²) >= 11 is 3.17. The van der Waals surface area contributed by atoms with E-state index >= 15 is 0 Å². The van der Waals surface area contributed by atoms with Gasteiger partial charge in [0.05, 0.1) is 13.2 Å². The Morgan fingerprint density at radius 2 is 2.83 bits per heavy atom. The molecule has 2 nitrogen and oxygen atoms in total. The van der Waals surface area contributed by atoms with Crippen molar-refractivity contribution in [2.24, 2.45) is 0 Å². The average molecular weight is 151 g/mol. The molecule has 1 fully saturated rings. The van der Waals surface area contributed by atoms with Crippen molar-refractivity contribution in [3.8, 4) is 0 Å². The van der Waals surface area contributed by atoms with Crippen molar-refractivity contribution in [1.82, 2.24) is 5.32 Å². The number of rotatable bonds is 0. The molecule has 6 heavy (non-hydrogen) atoms. The molecule has 0 aromatic carbocycles. The second kappa shape index (κ2) is 1.91. The molecule has 0 spiro atoms. The van der Waals surface area contributed by atoms with Gasteiger partial charge in [0.25, 0.3) is 0 Å². The largest absolute Gasteiger partial charge is 0.352 e. The molecule has 1 radical (unpaired) electrons. The summed E-state index contributed by atoms with van der Waals surface area (Å²) in [5, 5.41) is 2.94. The van der Waals surface area contributed by atoms with Gasteiger partial charge in [-0.1, -0.05) is 0 Å². The van der Waals surface area contributed by atoms with Gasteiger partial charge in [0.2, 0.25) is 0 Å². The Kier molecular flexibility index (Phi) is 1.45. The van der Waals surface area contributed by atoms with Gasteiger partial charge >= 0.3 is 0 Å². The fourth-order valence-electron chi connectivity index (χ4n) is 0.321. The maximum atomic E-state index is 4.90. The molecule has 1 atom stereocenters. The summed E-state index contributed by atoms with van der Waals surface area (Å²) in [5.41, 5.74) is 0. The van der Waals surface area contributed by atoms with Crippen LogP contribution in [0.3, 0.4) is 0 Å². The van der Waals surface area contributed by atoms with Crippen LogP contribution in [0, 0.1) is 6.54 Å². The van der Waals surface area contributed by atoms with Gasteiger partial charge in [-0.25, -0.2) is 0 Å². The zero-order valence-corrected chi connectivity index (χ0v) is 4.73. The van der Waals surface area contributed by atoms with Crippen LogP contribution in [0.2, 0.25) is 0 Å². The van der Waals surface area contributed by atoms with Crippen LogP contribution in [-0.2, 0) is 4.74 Å². The molecule has 0 aliphatic carbocycles. The first-order chi connectivity index (χ1) is 2.89. The quantitative estimate of drug-likeness (QED) is 0.400. The van der Waals surface area contributed by atoms with Crippen molar-refractivity contribution < 1.29 is 4.74 Å². The van der Waals surface area contributed by atoms with Gasteiger partial charge in [0.15, 0.2) is 5.14 Å². The van der Waals surface area contributed by atoms with Gasteiger partial charge in [-0.3, -0.25) is 5.32 Å². The second-order valence-electron chi connectivity index (χ2n) is 1.02. The lowest BCUT2D eigenvalue weighted by atomic mass is 10.7. The number of ether oxygens (including phenoxy) is 1. The van der Waals surface area contributed by atoms with Crippen LogP contribution < -0.4 is 5.32 Å². The molecule has 0 amide bonds. The fraction of sp³-hybridized carbons (Fsp3) is 0.667. The number of halogens is 1. The minimum atomic E-state index is 0.0532. The molecule has 1 unspecified atom stereocenters. The maximum absolute atomic E-state index is 4.90. The Morgan fingerprint density at radius 3 is 3.00 bits per heavy atom. The summed E-state index contributed by atoms with van der Waals surface area (Å²) in [5.74, 6) is 0. The van der Waals surface area contributed by atoms with E-state index in [-0.39, 0.29) is 5.14 Å². The van der Waals surface area contributed by atoms with Crippen molar-refractivity contribution in [1.29, 1.82) is 0 Å². The fourth-order valence-corrected chi connectivity index (χ4v) is 0.661. The molecule has 0 bridgehead atoms. The lowest BCUT2D eigenvalue weighted by Gasteiger charge is -1.93. The summed E-state index contributed by atoms with van der Waals surface area (Å²) < 4.78 is 4.90. The van der Waals surface area contributed by atoms with Crippen LogP contribution in [0.5, 0.6) is 0 Å². The van der Waals surface area contributed by atoms with E-state index in [1.165, 1.54) is 0 Å². The Balaban J connectivity index is 2.18. The average Bonchev–Trinajstić information content (AvgIpc) is 1.86. The van der Waals surface area contributed by atoms with E-state index in [0.29, 0.717) is 6.61 Å². The Hall–Kier alpha value is 0.400. The predicted molar refractivity (Wildman–Crippen MR) is 26.1 cm³/mol. The molecule has 1 heterocycles. The van der Waals surface area contributed by atoms with E-state index in [1.54, 1.807) is 0 Å². The van der Waals surface area contributed by atoms with Crippen molar-refractivity contribution >= 4 is 15.9 Å². The molecule has 0 saturated carbocycles. The van der Waals surface area contributed by atoms with Crippen molar-refractivity contribution in [2.75, 3.05) is 6.61 Å². The highest BCUT2D eigenvalue weighted by atomic mass is 79.9. The molecule has 1 rings (SSSR count). The first-order valence-corrected chi connectivity index (χ1v) is 2.64. The third-order valence-electron chi connectivity index (χ3n) is 0.575. The molecule has 35 valence electrons. The van der Waals surface area contributed by atoms with Crippen LogP contribution in [0.1, 0.15) is 0 Å². The molecule has 3 heteroatoms. The molecular weight excluding hydrogens is 146 g/mol. The maximum Gasteiger partial charge on any atom is 0.165 e. The van der Waals surface area contributed by atoms with Crippen LogP contribution in [-0.4, -0.2) is 11.7 Å². The van der Waals surface area contributed by atoms with E-state index in [4.69, 9.17) is 4.74 Å². The summed E-state index contributed by atoms with van der Waals surface area (Å²) in [7, 11) is 0. The Labute approximate surface area is 45.0 Å². The monoisotopic (exact) mass is 150 g/mol. The summed E-state index contributed by atoms with van der Waals surface area (Å²) in [6.45, 7) is 2.56. The number of nitrogens with one attached hydrogen (secondary N) is 1. The van der Waals surface area contributed by atoms with Gasteiger partial charge in [-0.15, -0.1) is 0 Å². The lowest BCUT2D eigenvalue weighted by Crippen LogP contribution is -2.10. The molecular formula is C3H5BrNO. The van der Waals surface area contributed by atoms with Gasteiger partial charge in [-0.2, -0.15) is 0 Å². The number of hydrogen-bond acceptors (Lipinski definition) is 2. The number of alkyl halides is 1. The lowest BCUT2D eigenvalue weighted by molar-refractivity contribution is 0.175. The summed E-state index contributed by atoms with van der Waals surface area (Å²) in [4.78, 5) is 0. The van der Waals surface area contributed by atoms with Crippen molar-refractivity contribution in [2.45, 2.75) is 5.14 Å². The second-order valence-corrected chi connectivity index (χ2v) is 1.85. The molecule has 1 saturated heterocycles. The topological polar surface area (TPSA) is 21.3 Å². The van der Waals surface area contributed by atoms with E-state index in [0.717, 1.165) is 0 Å². The zero-order chi connectivity index (χ0) is 4.41. The Morgan fingerprint density at radius 1 is 2.00 bits per heavy atom. The van der Waals surface area contributed by atoms with Gasteiger partial charge in [-0.05, 0) is 15.9 Å².